The zero-order valence-electron chi connectivity index (χ0n) is 19.6. The summed E-state index contributed by atoms with van der Waals surface area (Å²) in [6, 6.07) is 0. The van der Waals surface area contributed by atoms with E-state index in [1.165, 1.54) is 70.6 Å². The van der Waals surface area contributed by atoms with Crippen LogP contribution in [0.5, 0.6) is 0 Å². The van der Waals surface area contributed by atoms with Gasteiger partial charge in [-0.25, -0.2) is 0 Å². The number of hydrogen-bond donors (Lipinski definition) is 1. The van der Waals surface area contributed by atoms with Crippen molar-refractivity contribution >= 4 is 0 Å². The molecule has 0 radical (unpaired) electrons. The maximum atomic E-state index is 11.3. The van der Waals surface area contributed by atoms with E-state index < -0.39 is 0 Å². The summed E-state index contributed by atoms with van der Waals surface area (Å²) >= 11 is 0. The van der Waals surface area contributed by atoms with E-state index in [0.717, 1.165) is 41.9 Å². The summed E-state index contributed by atoms with van der Waals surface area (Å²) in [6.45, 7) is 12.5. The molecule has 4 aliphatic carbocycles. The average Bonchev–Trinajstić information content (AvgIpc) is 2.92. The fourth-order valence-electron chi connectivity index (χ4n) is 9.34. The van der Waals surface area contributed by atoms with E-state index in [9.17, 15) is 5.11 Å². The first-order valence-corrected chi connectivity index (χ1v) is 13.0. The zero-order valence-corrected chi connectivity index (χ0v) is 19.6. The molecule has 0 aromatic heterocycles. The highest BCUT2D eigenvalue weighted by Crippen LogP contribution is 2.68. The molecule has 0 aromatic carbocycles. The van der Waals surface area contributed by atoms with Gasteiger partial charge in [0, 0.05) is 0 Å². The summed E-state index contributed by atoms with van der Waals surface area (Å²) in [6.07, 6.45) is 16.7. The summed E-state index contributed by atoms with van der Waals surface area (Å²) in [4.78, 5) is 0. The van der Waals surface area contributed by atoms with Crippen LogP contribution < -0.4 is 0 Å². The SMILES string of the molecule is CC(C)CCCC(C)[C@H]1C[C@H](O)[C@H]2[C@@H]3CCC4CCCC[C@]4(C)[C@H]3CC[C@@]21C. The number of hydrogen-bond acceptors (Lipinski definition) is 1. The monoisotopic (exact) mass is 388 g/mol. The van der Waals surface area contributed by atoms with Gasteiger partial charge in [-0.2, -0.15) is 0 Å². The van der Waals surface area contributed by atoms with E-state index in [1.54, 1.807) is 0 Å². The first-order chi connectivity index (χ1) is 13.3. The first kappa shape index (κ1) is 21.2. The molecule has 0 saturated heterocycles. The van der Waals surface area contributed by atoms with Gasteiger partial charge in [-0.15, -0.1) is 0 Å². The van der Waals surface area contributed by atoms with Crippen LogP contribution in [0.25, 0.3) is 0 Å². The predicted octanol–water partition coefficient (Wildman–Crippen LogP) is 7.47. The molecule has 0 aliphatic heterocycles. The van der Waals surface area contributed by atoms with Crippen LogP contribution >= 0.6 is 0 Å². The fourth-order valence-corrected chi connectivity index (χ4v) is 9.34. The largest absolute Gasteiger partial charge is 0.393 e. The molecule has 1 N–H and O–H groups in total. The second-order valence-electron chi connectivity index (χ2n) is 12.6. The second kappa shape index (κ2) is 7.90. The van der Waals surface area contributed by atoms with Crippen LogP contribution in [0.4, 0.5) is 0 Å². The van der Waals surface area contributed by atoms with E-state index in [4.69, 9.17) is 0 Å². The van der Waals surface area contributed by atoms with Crippen LogP contribution in [0.2, 0.25) is 0 Å². The Kier molecular flexibility index (Phi) is 5.98. The molecule has 1 heteroatoms. The smallest absolute Gasteiger partial charge is 0.0579 e. The van der Waals surface area contributed by atoms with E-state index in [1.807, 2.05) is 0 Å². The molecule has 0 spiro atoms. The second-order valence-corrected chi connectivity index (χ2v) is 12.6. The molecular weight excluding hydrogens is 340 g/mol. The van der Waals surface area contributed by atoms with Gasteiger partial charge < -0.3 is 5.11 Å². The van der Waals surface area contributed by atoms with Crippen molar-refractivity contribution in [1.29, 1.82) is 0 Å². The first-order valence-electron chi connectivity index (χ1n) is 13.0. The summed E-state index contributed by atoms with van der Waals surface area (Å²) in [5.41, 5.74) is 0.985. The van der Waals surface area contributed by atoms with Gasteiger partial charge in [-0.1, -0.05) is 66.7 Å². The van der Waals surface area contributed by atoms with Gasteiger partial charge in [0.15, 0.2) is 0 Å². The van der Waals surface area contributed by atoms with Gasteiger partial charge in [-0.05, 0) is 97.2 Å². The third-order valence-corrected chi connectivity index (χ3v) is 10.8. The van der Waals surface area contributed by atoms with E-state index in [-0.39, 0.29) is 6.10 Å². The van der Waals surface area contributed by atoms with Crippen LogP contribution in [0.15, 0.2) is 0 Å². The lowest BCUT2D eigenvalue weighted by atomic mass is 9.44. The fraction of sp³-hybridized carbons (Fsp3) is 1.00. The Morgan fingerprint density at radius 2 is 1.68 bits per heavy atom. The molecule has 4 saturated carbocycles. The van der Waals surface area contributed by atoms with Crippen molar-refractivity contribution in [2.45, 2.75) is 118 Å². The maximum absolute atomic E-state index is 11.3. The number of aliphatic hydroxyl groups is 1. The van der Waals surface area contributed by atoms with Gasteiger partial charge in [0.25, 0.3) is 0 Å². The Morgan fingerprint density at radius 3 is 2.43 bits per heavy atom. The molecule has 2 unspecified atom stereocenters. The summed E-state index contributed by atoms with van der Waals surface area (Å²) in [5, 5.41) is 11.3. The van der Waals surface area contributed by atoms with E-state index >= 15 is 0 Å². The third kappa shape index (κ3) is 3.40. The van der Waals surface area contributed by atoms with Crippen LogP contribution in [-0.2, 0) is 0 Å². The molecule has 0 bridgehead atoms. The van der Waals surface area contributed by atoms with Crippen LogP contribution in [0.3, 0.4) is 0 Å². The molecule has 1 nitrogen and oxygen atoms in total. The molecule has 0 amide bonds. The minimum absolute atomic E-state index is 0.0286. The van der Waals surface area contributed by atoms with Crippen LogP contribution in [0, 0.1) is 52.3 Å². The molecule has 0 heterocycles. The number of fused-ring (bicyclic) bond motifs is 5. The highest BCUT2D eigenvalue weighted by Gasteiger charge is 2.62. The number of aliphatic hydroxyl groups excluding tert-OH is 1. The Labute approximate surface area is 175 Å². The van der Waals surface area contributed by atoms with Crippen LogP contribution in [0.1, 0.15) is 112 Å². The maximum Gasteiger partial charge on any atom is 0.0579 e. The van der Waals surface area contributed by atoms with Crippen molar-refractivity contribution < 1.29 is 5.11 Å². The topological polar surface area (TPSA) is 20.2 Å². The standard InChI is InChI=1S/C27H48O/c1-18(2)9-8-10-19(3)23-17-24(28)25-21-13-12-20-11-6-7-15-26(20,4)22(21)14-16-27(23,25)5/h18-25,28H,6-17H2,1-5H3/t19?,20?,21-,22+,23-,24+,25-,26+,27-/m1/s1. The minimum atomic E-state index is -0.0286. The predicted molar refractivity (Wildman–Crippen MR) is 119 cm³/mol. The molecule has 162 valence electrons. The molecule has 4 fully saturated rings. The molecule has 4 aliphatic rings. The highest BCUT2D eigenvalue weighted by atomic mass is 16.3. The lowest BCUT2D eigenvalue weighted by Crippen LogP contribution is -2.54. The minimum Gasteiger partial charge on any atom is -0.393 e. The van der Waals surface area contributed by atoms with Crippen molar-refractivity contribution in [2.24, 2.45) is 52.3 Å². The molecule has 4 rings (SSSR count). The summed E-state index contributed by atoms with van der Waals surface area (Å²) < 4.78 is 0. The average molecular weight is 389 g/mol. The van der Waals surface area contributed by atoms with Crippen molar-refractivity contribution in [3.8, 4) is 0 Å². The van der Waals surface area contributed by atoms with Gasteiger partial charge in [0.1, 0.15) is 0 Å². The zero-order chi connectivity index (χ0) is 20.1. The van der Waals surface area contributed by atoms with Crippen molar-refractivity contribution in [1.82, 2.24) is 0 Å². The van der Waals surface area contributed by atoms with Crippen LogP contribution in [-0.4, -0.2) is 11.2 Å². The summed E-state index contributed by atoms with van der Waals surface area (Å²) in [5.74, 6) is 5.63. The Balaban J connectivity index is 1.51. The van der Waals surface area contributed by atoms with Gasteiger partial charge in [-0.3, -0.25) is 0 Å². The molecule has 28 heavy (non-hydrogen) atoms. The summed E-state index contributed by atoms with van der Waals surface area (Å²) in [7, 11) is 0. The quantitative estimate of drug-likeness (QED) is 0.518. The van der Waals surface area contributed by atoms with Crippen molar-refractivity contribution in [3.05, 3.63) is 0 Å². The van der Waals surface area contributed by atoms with Gasteiger partial charge in [0.05, 0.1) is 6.10 Å². The van der Waals surface area contributed by atoms with Gasteiger partial charge >= 0.3 is 0 Å². The molecular formula is C27H48O. The normalized spacial score (nSPS) is 49.4. The Bertz CT molecular complexity index is 540. The van der Waals surface area contributed by atoms with E-state index in [2.05, 4.69) is 34.6 Å². The third-order valence-electron chi connectivity index (χ3n) is 10.8. The Hall–Kier alpha value is -0.0400. The highest BCUT2D eigenvalue weighted by molar-refractivity contribution is 5.11. The van der Waals surface area contributed by atoms with Gasteiger partial charge in [0.2, 0.25) is 0 Å². The lowest BCUT2D eigenvalue weighted by molar-refractivity contribution is -0.130. The van der Waals surface area contributed by atoms with E-state index in [0.29, 0.717) is 16.7 Å². The van der Waals surface area contributed by atoms with Crippen molar-refractivity contribution in [3.63, 3.8) is 0 Å². The Morgan fingerprint density at radius 1 is 0.893 bits per heavy atom. The van der Waals surface area contributed by atoms with Crippen molar-refractivity contribution in [2.75, 3.05) is 0 Å². The number of rotatable bonds is 5. The molecule has 0 aromatic rings. The lowest BCUT2D eigenvalue weighted by Gasteiger charge is -2.61. The molecule has 9 atom stereocenters.